The van der Waals surface area contributed by atoms with E-state index in [1.165, 1.54) is 6.08 Å². The second-order valence-corrected chi connectivity index (χ2v) is 2.50. The number of hydrogen-bond acceptors (Lipinski definition) is 1. The third kappa shape index (κ3) is 2.06. The van der Waals surface area contributed by atoms with Crippen molar-refractivity contribution in [1.29, 1.82) is 0 Å². The molecule has 1 unspecified atom stereocenters. The van der Waals surface area contributed by atoms with Crippen LogP contribution in [0.1, 0.15) is 13.3 Å². The van der Waals surface area contributed by atoms with Crippen LogP contribution in [0.3, 0.4) is 0 Å². The van der Waals surface area contributed by atoms with E-state index in [2.05, 4.69) is 4.99 Å². The molecule has 1 atom stereocenters. The number of allylic oxidation sites excluding steroid dienone is 1. The zero-order valence-corrected chi connectivity index (χ0v) is 6.02. The third-order valence-corrected chi connectivity index (χ3v) is 1.40. The van der Waals surface area contributed by atoms with Gasteiger partial charge in [0.2, 0.25) is 0 Å². The smallest absolute Gasteiger partial charge is 0.277 e. The van der Waals surface area contributed by atoms with Crippen molar-refractivity contribution in [3.8, 4) is 0 Å². The van der Waals surface area contributed by atoms with Crippen molar-refractivity contribution in [3.63, 3.8) is 0 Å². The Balaban J connectivity index is 2.80. The fourth-order valence-corrected chi connectivity index (χ4v) is 0.877. The van der Waals surface area contributed by atoms with Crippen molar-refractivity contribution in [3.05, 3.63) is 12.2 Å². The quantitative estimate of drug-likeness (QED) is 0.519. The second-order valence-electron chi connectivity index (χ2n) is 2.50. The highest BCUT2D eigenvalue weighted by atomic mass is 19.4. The highest BCUT2D eigenvalue weighted by Gasteiger charge is 2.34. The standard InChI is InChI=1S/C7H8F3N/c1-5-3-2-4-6(11-5)7(8,9)10/h2,4-5H,3H2,1H3. The summed E-state index contributed by atoms with van der Waals surface area (Å²) >= 11 is 0. The molecule has 0 saturated heterocycles. The summed E-state index contributed by atoms with van der Waals surface area (Å²) in [5, 5.41) is 0. The van der Waals surface area contributed by atoms with Gasteiger partial charge in [-0.3, -0.25) is 4.99 Å². The molecule has 1 heterocycles. The van der Waals surface area contributed by atoms with Crippen LogP contribution >= 0.6 is 0 Å². The average Bonchev–Trinajstić information content (AvgIpc) is 1.86. The molecule has 1 nitrogen and oxygen atoms in total. The lowest BCUT2D eigenvalue weighted by atomic mass is 10.1. The van der Waals surface area contributed by atoms with Gasteiger partial charge in [-0.1, -0.05) is 6.08 Å². The molecular formula is C7H8F3N. The van der Waals surface area contributed by atoms with Crippen LogP contribution in [0, 0.1) is 0 Å². The number of hydrogen-bond donors (Lipinski definition) is 0. The van der Waals surface area contributed by atoms with Gasteiger partial charge in [-0.25, -0.2) is 0 Å². The van der Waals surface area contributed by atoms with Crippen LogP contribution in [-0.2, 0) is 0 Å². The highest BCUT2D eigenvalue weighted by molar-refractivity contribution is 6.00. The van der Waals surface area contributed by atoms with Crippen LogP contribution in [0.15, 0.2) is 17.1 Å². The minimum absolute atomic E-state index is 0.239. The molecule has 0 N–H and O–H groups in total. The van der Waals surface area contributed by atoms with Crippen molar-refractivity contribution in [2.45, 2.75) is 25.6 Å². The maximum Gasteiger partial charge on any atom is 0.432 e. The lowest BCUT2D eigenvalue weighted by Crippen LogP contribution is -2.24. The first-order chi connectivity index (χ1) is 5.00. The highest BCUT2D eigenvalue weighted by Crippen LogP contribution is 2.21. The van der Waals surface area contributed by atoms with Gasteiger partial charge >= 0.3 is 6.18 Å². The van der Waals surface area contributed by atoms with E-state index in [0.29, 0.717) is 6.42 Å². The predicted octanol–water partition coefficient (Wildman–Crippen LogP) is 2.34. The normalized spacial score (nSPS) is 25.1. The Morgan fingerprint density at radius 3 is 2.55 bits per heavy atom. The van der Waals surface area contributed by atoms with Crippen molar-refractivity contribution in [1.82, 2.24) is 0 Å². The van der Waals surface area contributed by atoms with Gasteiger partial charge in [0.05, 0.1) is 6.04 Å². The Kier molecular flexibility index (Phi) is 2.02. The Morgan fingerprint density at radius 1 is 1.55 bits per heavy atom. The topological polar surface area (TPSA) is 12.4 Å². The Hall–Kier alpha value is -0.800. The Labute approximate surface area is 62.6 Å². The first-order valence-electron chi connectivity index (χ1n) is 3.31. The lowest BCUT2D eigenvalue weighted by molar-refractivity contribution is -0.0582. The van der Waals surface area contributed by atoms with Crippen molar-refractivity contribution >= 4 is 5.71 Å². The summed E-state index contributed by atoms with van der Waals surface area (Å²) in [7, 11) is 0. The van der Waals surface area contributed by atoms with Gasteiger partial charge in [0.15, 0.2) is 0 Å². The molecule has 0 aromatic heterocycles. The number of dihydropyridines is 1. The summed E-state index contributed by atoms with van der Waals surface area (Å²) < 4.78 is 35.8. The largest absolute Gasteiger partial charge is 0.432 e. The van der Waals surface area contributed by atoms with E-state index in [0.717, 1.165) is 6.08 Å². The molecule has 0 aromatic carbocycles. The van der Waals surface area contributed by atoms with E-state index in [1.807, 2.05) is 0 Å². The molecule has 0 radical (unpaired) electrons. The molecule has 0 aromatic rings. The number of alkyl halides is 3. The molecule has 1 rings (SSSR count). The fourth-order valence-electron chi connectivity index (χ4n) is 0.877. The van der Waals surface area contributed by atoms with Gasteiger partial charge in [-0.2, -0.15) is 13.2 Å². The summed E-state index contributed by atoms with van der Waals surface area (Å²) in [5.41, 5.74) is -0.767. The van der Waals surface area contributed by atoms with Crippen LogP contribution in [0.2, 0.25) is 0 Å². The summed E-state index contributed by atoms with van der Waals surface area (Å²) in [4.78, 5) is 3.46. The fraction of sp³-hybridized carbons (Fsp3) is 0.571. The van der Waals surface area contributed by atoms with E-state index >= 15 is 0 Å². The number of aliphatic imine (C=N–C) groups is 1. The number of rotatable bonds is 0. The summed E-state index contributed by atoms with van der Waals surface area (Å²) in [6, 6.07) is -0.239. The van der Waals surface area contributed by atoms with Crippen LogP contribution in [0.4, 0.5) is 13.2 Å². The average molecular weight is 163 g/mol. The molecule has 0 spiro atoms. The van der Waals surface area contributed by atoms with E-state index in [1.54, 1.807) is 6.92 Å². The predicted molar refractivity (Wildman–Crippen MR) is 36.7 cm³/mol. The molecule has 11 heavy (non-hydrogen) atoms. The van der Waals surface area contributed by atoms with Gasteiger partial charge in [0.25, 0.3) is 0 Å². The van der Waals surface area contributed by atoms with Gasteiger partial charge in [-0.15, -0.1) is 0 Å². The molecular weight excluding hydrogens is 155 g/mol. The maximum atomic E-state index is 11.9. The van der Waals surface area contributed by atoms with Crippen molar-refractivity contribution in [2.24, 2.45) is 4.99 Å². The van der Waals surface area contributed by atoms with Gasteiger partial charge < -0.3 is 0 Å². The van der Waals surface area contributed by atoms with Gasteiger partial charge in [-0.05, 0) is 19.4 Å². The first kappa shape index (κ1) is 8.30. The number of nitrogens with zero attached hydrogens (tertiary/aromatic N) is 1. The maximum absolute atomic E-state index is 11.9. The van der Waals surface area contributed by atoms with Crippen LogP contribution in [-0.4, -0.2) is 17.9 Å². The summed E-state index contributed by atoms with van der Waals surface area (Å²) in [6.45, 7) is 1.66. The van der Waals surface area contributed by atoms with Crippen LogP contribution < -0.4 is 0 Å². The van der Waals surface area contributed by atoms with E-state index < -0.39 is 11.9 Å². The van der Waals surface area contributed by atoms with E-state index in [-0.39, 0.29) is 6.04 Å². The van der Waals surface area contributed by atoms with Crippen LogP contribution in [0.25, 0.3) is 0 Å². The third-order valence-electron chi connectivity index (χ3n) is 1.40. The molecule has 0 amide bonds. The number of halogens is 3. The molecule has 4 heteroatoms. The van der Waals surface area contributed by atoms with Crippen molar-refractivity contribution in [2.75, 3.05) is 0 Å². The zero-order chi connectivity index (χ0) is 8.48. The van der Waals surface area contributed by atoms with E-state index in [9.17, 15) is 13.2 Å². The van der Waals surface area contributed by atoms with Crippen molar-refractivity contribution < 1.29 is 13.2 Å². The molecule has 0 fully saturated rings. The van der Waals surface area contributed by atoms with Gasteiger partial charge in [0.1, 0.15) is 5.71 Å². The molecule has 62 valence electrons. The molecule has 0 aliphatic carbocycles. The van der Waals surface area contributed by atoms with E-state index in [4.69, 9.17) is 0 Å². The minimum atomic E-state index is -4.29. The van der Waals surface area contributed by atoms with Gasteiger partial charge in [0, 0.05) is 0 Å². The minimum Gasteiger partial charge on any atom is -0.277 e. The Morgan fingerprint density at radius 2 is 2.18 bits per heavy atom. The first-order valence-corrected chi connectivity index (χ1v) is 3.31. The van der Waals surface area contributed by atoms with Crippen LogP contribution in [0.5, 0.6) is 0 Å². The molecule has 0 bridgehead atoms. The molecule has 1 aliphatic rings. The SMILES string of the molecule is CC1CC=CC(C(F)(F)F)=N1. The summed E-state index contributed by atoms with van der Waals surface area (Å²) in [5.74, 6) is 0. The Bertz CT molecular complexity index is 202. The molecule has 1 aliphatic heterocycles. The summed E-state index contributed by atoms with van der Waals surface area (Å²) in [6.07, 6.45) is -1.16. The monoisotopic (exact) mass is 163 g/mol. The zero-order valence-electron chi connectivity index (χ0n) is 6.02. The lowest BCUT2D eigenvalue weighted by Gasteiger charge is -2.13. The second kappa shape index (κ2) is 2.68. The molecule has 0 saturated carbocycles.